The second-order valence-corrected chi connectivity index (χ2v) is 6.05. The van der Waals surface area contributed by atoms with Gasteiger partial charge in [0.1, 0.15) is 0 Å². The molecule has 1 heterocycles. The fourth-order valence-corrected chi connectivity index (χ4v) is 2.54. The Hall–Kier alpha value is -2.52. The Bertz CT molecular complexity index is 633. The van der Waals surface area contributed by atoms with Gasteiger partial charge in [-0.25, -0.2) is 0 Å². The lowest BCUT2D eigenvalue weighted by molar-refractivity contribution is 0.291. The smallest absolute Gasteiger partial charge is 0.0544 e. The van der Waals surface area contributed by atoms with E-state index in [9.17, 15) is 0 Å². The van der Waals surface area contributed by atoms with Crippen molar-refractivity contribution in [3.63, 3.8) is 0 Å². The van der Waals surface area contributed by atoms with Crippen LogP contribution in [-0.2, 0) is 13.1 Å². The van der Waals surface area contributed by atoms with Crippen LogP contribution in [-0.4, -0.2) is 22.1 Å². The van der Waals surface area contributed by atoms with Crippen LogP contribution in [0.3, 0.4) is 0 Å². The Morgan fingerprint density at radius 2 is 1.84 bits per heavy atom. The third kappa shape index (κ3) is 7.73. The van der Waals surface area contributed by atoms with Gasteiger partial charge in [0.2, 0.25) is 0 Å². The summed E-state index contributed by atoms with van der Waals surface area (Å²) in [5, 5.41) is 8.25. The number of hydrogen-bond acceptors (Lipinski definition) is 3. The number of allylic oxidation sites excluding steroid dienone is 3. The molecule has 25 heavy (non-hydrogen) atoms. The van der Waals surface area contributed by atoms with Gasteiger partial charge < -0.3 is 5.41 Å². The van der Waals surface area contributed by atoms with Gasteiger partial charge in [-0.2, -0.15) is 0 Å². The molecular formula is C22H27N3. The third-order valence-corrected chi connectivity index (χ3v) is 3.75. The summed E-state index contributed by atoms with van der Waals surface area (Å²) in [7, 11) is 0. The largest absolute Gasteiger partial charge is 0.304 e. The molecule has 0 aliphatic heterocycles. The number of rotatable bonds is 10. The van der Waals surface area contributed by atoms with E-state index in [0.29, 0.717) is 12.3 Å². The maximum atomic E-state index is 8.25. The quantitative estimate of drug-likeness (QED) is 0.490. The van der Waals surface area contributed by atoms with Gasteiger partial charge in [0, 0.05) is 31.5 Å². The maximum Gasteiger partial charge on any atom is 0.0544 e. The van der Waals surface area contributed by atoms with Crippen molar-refractivity contribution in [3.8, 4) is 0 Å². The standard InChI is InChI=1S/C22H27N3/c1-2-3-4-5-9-14-21(23)18-25(17-20-12-7-6-8-13-20)19-22-15-10-11-16-24-22/h4-16,23H,2-3,17-19H2,1H3/b5-4-,14-9-,23-21?. The van der Waals surface area contributed by atoms with Crippen molar-refractivity contribution in [1.82, 2.24) is 9.88 Å². The summed E-state index contributed by atoms with van der Waals surface area (Å²) in [6, 6.07) is 16.4. The molecule has 0 atom stereocenters. The second kappa shape index (κ2) is 11.1. The summed E-state index contributed by atoms with van der Waals surface area (Å²) < 4.78 is 0. The van der Waals surface area contributed by atoms with E-state index in [2.05, 4.69) is 47.1 Å². The summed E-state index contributed by atoms with van der Waals surface area (Å²) in [5.74, 6) is 0. The molecule has 0 saturated heterocycles. The van der Waals surface area contributed by atoms with Gasteiger partial charge in [-0.15, -0.1) is 0 Å². The highest BCUT2D eigenvalue weighted by Crippen LogP contribution is 2.09. The summed E-state index contributed by atoms with van der Waals surface area (Å²) in [4.78, 5) is 6.67. The Balaban J connectivity index is 1.99. The van der Waals surface area contributed by atoms with Crippen LogP contribution >= 0.6 is 0 Å². The fourth-order valence-electron chi connectivity index (χ4n) is 2.54. The number of pyridine rings is 1. The molecule has 0 unspecified atom stereocenters. The zero-order chi connectivity index (χ0) is 17.7. The van der Waals surface area contributed by atoms with Crippen LogP contribution in [0.1, 0.15) is 31.0 Å². The van der Waals surface area contributed by atoms with E-state index in [-0.39, 0.29) is 0 Å². The molecule has 130 valence electrons. The molecule has 2 rings (SSSR count). The van der Waals surface area contributed by atoms with Gasteiger partial charge in [-0.1, -0.05) is 68.0 Å². The molecule has 0 amide bonds. The van der Waals surface area contributed by atoms with Crippen molar-refractivity contribution >= 4 is 5.71 Å². The van der Waals surface area contributed by atoms with Gasteiger partial charge in [0.05, 0.1) is 5.69 Å². The second-order valence-electron chi connectivity index (χ2n) is 6.05. The molecule has 0 radical (unpaired) electrons. The molecule has 0 bridgehead atoms. The number of benzene rings is 1. The zero-order valence-corrected chi connectivity index (χ0v) is 14.9. The lowest BCUT2D eigenvalue weighted by Gasteiger charge is -2.21. The minimum Gasteiger partial charge on any atom is -0.304 e. The van der Waals surface area contributed by atoms with Crippen molar-refractivity contribution < 1.29 is 0 Å². The molecule has 0 saturated carbocycles. The van der Waals surface area contributed by atoms with Gasteiger partial charge in [-0.3, -0.25) is 9.88 Å². The van der Waals surface area contributed by atoms with Gasteiger partial charge in [0.25, 0.3) is 0 Å². The normalized spacial score (nSPS) is 11.6. The molecule has 3 nitrogen and oxygen atoms in total. The molecule has 0 spiro atoms. The van der Waals surface area contributed by atoms with Gasteiger partial charge in [0.15, 0.2) is 0 Å². The summed E-state index contributed by atoms with van der Waals surface area (Å²) in [6.07, 6.45) is 12.0. The summed E-state index contributed by atoms with van der Waals surface area (Å²) in [5.41, 5.74) is 2.88. The van der Waals surface area contributed by atoms with Crippen LogP contribution in [0.4, 0.5) is 0 Å². The molecule has 1 aromatic heterocycles. The first-order valence-electron chi connectivity index (χ1n) is 8.84. The molecule has 1 aromatic carbocycles. The third-order valence-electron chi connectivity index (χ3n) is 3.75. The zero-order valence-electron chi connectivity index (χ0n) is 14.9. The highest BCUT2D eigenvalue weighted by atomic mass is 15.1. The number of nitrogens with one attached hydrogen (secondary N) is 1. The van der Waals surface area contributed by atoms with Crippen LogP contribution in [0.5, 0.6) is 0 Å². The van der Waals surface area contributed by atoms with Crippen LogP contribution < -0.4 is 0 Å². The minimum absolute atomic E-state index is 0.601. The molecule has 3 heteroatoms. The van der Waals surface area contributed by atoms with Crippen LogP contribution in [0.25, 0.3) is 0 Å². The van der Waals surface area contributed by atoms with E-state index in [0.717, 1.165) is 31.6 Å². The molecule has 0 fully saturated rings. The van der Waals surface area contributed by atoms with E-state index < -0.39 is 0 Å². The fraction of sp³-hybridized carbons (Fsp3) is 0.273. The van der Waals surface area contributed by atoms with Gasteiger partial charge >= 0.3 is 0 Å². The van der Waals surface area contributed by atoms with E-state index in [1.165, 1.54) is 5.56 Å². The first-order chi connectivity index (χ1) is 12.3. The SMILES string of the molecule is CCC/C=C\C=C/C(=N)CN(Cc1ccccc1)Cc1ccccn1. The van der Waals surface area contributed by atoms with Crippen molar-refractivity contribution in [2.75, 3.05) is 6.54 Å². The number of aromatic nitrogens is 1. The first kappa shape index (κ1) is 18.8. The summed E-state index contributed by atoms with van der Waals surface area (Å²) >= 11 is 0. The minimum atomic E-state index is 0.601. The number of hydrogen-bond donors (Lipinski definition) is 1. The van der Waals surface area contributed by atoms with Crippen molar-refractivity contribution in [1.29, 1.82) is 5.41 Å². The molecule has 2 aromatic rings. The van der Waals surface area contributed by atoms with E-state index >= 15 is 0 Å². The molecule has 1 N–H and O–H groups in total. The monoisotopic (exact) mass is 333 g/mol. The highest BCUT2D eigenvalue weighted by molar-refractivity contribution is 5.94. The molecule has 0 aliphatic carbocycles. The van der Waals surface area contributed by atoms with Crippen LogP contribution in [0.15, 0.2) is 79.0 Å². The number of nitrogens with zero attached hydrogens (tertiary/aromatic N) is 2. The molecular weight excluding hydrogens is 306 g/mol. The Morgan fingerprint density at radius 1 is 1.04 bits per heavy atom. The lowest BCUT2D eigenvalue weighted by Crippen LogP contribution is -2.28. The highest BCUT2D eigenvalue weighted by Gasteiger charge is 2.09. The van der Waals surface area contributed by atoms with Crippen molar-refractivity contribution in [2.45, 2.75) is 32.9 Å². The van der Waals surface area contributed by atoms with Crippen LogP contribution in [0, 0.1) is 5.41 Å². The van der Waals surface area contributed by atoms with Crippen molar-refractivity contribution in [3.05, 3.63) is 90.3 Å². The summed E-state index contributed by atoms with van der Waals surface area (Å²) in [6.45, 7) is 4.30. The Kier molecular flexibility index (Phi) is 8.36. The average molecular weight is 333 g/mol. The maximum absolute atomic E-state index is 8.25. The predicted octanol–water partition coefficient (Wildman–Crippen LogP) is 5.02. The van der Waals surface area contributed by atoms with E-state index in [1.807, 2.05) is 48.7 Å². The van der Waals surface area contributed by atoms with Crippen LogP contribution in [0.2, 0.25) is 0 Å². The Labute approximate surface area is 151 Å². The topological polar surface area (TPSA) is 40.0 Å². The molecule has 0 aliphatic rings. The van der Waals surface area contributed by atoms with E-state index in [1.54, 1.807) is 0 Å². The first-order valence-corrected chi connectivity index (χ1v) is 8.84. The van der Waals surface area contributed by atoms with Gasteiger partial charge in [-0.05, 0) is 30.2 Å². The van der Waals surface area contributed by atoms with E-state index in [4.69, 9.17) is 5.41 Å². The van der Waals surface area contributed by atoms with Crippen molar-refractivity contribution in [2.24, 2.45) is 0 Å². The lowest BCUT2D eigenvalue weighted by atomic mass is 10.2. The predicted molar refractivity (Wildman–Crippen MR) is 106 cm³/mol. The Morgan fingerprint density at radius 3 is 2.56 bits per heavy atom. The number of unbranched alkanes of at least 4 members (excludes halogenated alkanes) is 1. The average Bonchev–Trinajstić information content (AvgIpc) is 2.63.